The standard InChI is InChI=1S/C10H18N2S/c1-4-10(7-13)6-12-9(3)5-8(2)11-12/h5,10,13H,4,6-7H2,1-3H3. The second kappa shape index (κ2) is 4.70. The van der Waals surface area contributed by atoms with Crippen molar-refractivity contribution in [2.75, 3.05) is 5.75 Å². The van der Waals surface area contributed by atoms with Gasteiger partial charge in [-0.3, -0.25) is 4.68 Å². The summed E-state index contributed by atoms with van der Waals surface area (Å²) in [6.45, 7) is 7.34. The topological polar surface area (TPSA) is 17.8 Å². The summed E-state index contributed by atoms with van der Waals surface area (Å²) in [5.74, 6) is 1.58. The van der Waals surface area contributed by atoms with Gasteiger partial charge in [0.25, 0.3) is 0 Å². The first-order valence-electron chi connectivity index (χ1n) is 4.79. The van der Waals surface area contributed by atoms with E-state index in [2.05, 4.69) is 42.3 Å². The Morgan fingerprint density at radius 1 is 1.54 bits per heavy atom. The third-order valence-electron chi connectivity index (χ3n) is 2.37. The summed E-state index contributed by atoms with van der Waals surface area (Å²) >= 11 is 4.33. The highest BCUT2D eigenvalue weighted by Gasteiger charge is 2.07. The van der Waals surface area contributed by atoms with Crippen LogP contribution in [0.1, 0.15) is 24.7 Å². The second-order valence-corrected chi connectivity index (χ2v) is 3.93. The summed E-state index contributed by atoms with van der Waals surface area (Å²) < 4.78 is 2.08. The van der Waals surface area contributed by atoms with E-state index < -0.39 is 0 Å². The van der Waals surface area contributed by atoms with E-state index >= 15 is 0 Å². The Labute approximate surface area is 85.7 Å². The van der Waals surface area contributed by atoms with Gasteiger partial charge in [0.2, 0.25) is 0 Å². The van der Waals surface area contributed by atoms with Crippen LogP contribution in [0.5, 0.6) is 0 Å². The van der Waals surface area contributed by atoms with Crippen LogP contribution in [0.3, 0.4) is 0 Å². The minimum Gasteiger partial charge on any atom is -0.269 e. The average Bonchev–Trinajstić information content (AvgIpc) is 2.41. The van der Waals surface area contributed by atoms with Crippen molar-refractivity contribution in [1.82, 2.24) is 9.78 Å². The Balaban J connectivity index is 2.67. The molecule has 1 aromatic rings. The van der Waals surface area contributed by atoms with Crippen LogP contribution in [0.25, 0.3) is 0 Å². The van der Waals surface area contributed by atoms with Crippen LogP contribution in [0.2, 0.25) is 0 Å². The number of aryl methyl sites for hydroxylation is 2. The molecule has 74 valence electrons. The molecule has 0 amide bonds. The predicted molar refractivity (Wildman–Crippen MR) is 59.3 cm³/mol. The van der Waals surface area contributed by atoms with E-state index in [1.54, 1.807) is 0 Å². The molecule has 2 nitrogen and oxygen atoms in total. The van der Waals surface area contributed by atoms with Gasteiger partial charge in [-0.05, 0) is 31.6 Å². The van der Waals surface area contributed by atoms with Crippen LogP contribution in [0, 0.1) is 19.8 Å². The van der Waals surface area contributed by atoms with Crippen molar-refractivity contribution < 1.29 is 0 Å². The van der Waals surface area contributed by atoms with E-state index in [0.29, 0.717) is 5.92 Å². The van der Waals surface area contributed by atoms with Crippen molar-refractivity contribution in [3.63, 3.8) is 0 Å². The molecule has 0 aliphatic rings. The molecule has 0 fully saturated rings. The van der Waals surface area contributed by atoms with Crippen molar-refractivity contribution in [2.24, 2.45) is 5.92 Å². The van der Waals surface area contributed by atoms with E-state index in [-0.39, 0.29) is 0 Å². The Morgan fingerprint density at radius 2 is 2.23 bits per heavy atom. The zero-order chi connectivity index (χ0) is 9.84. The van der Waals surface area contributed by atoms with Gasteiger partial charge in [0.05, 0.1) is 5.69 Å². The molecule has 0 saturated carbocycles. The molecule has 0 aliphatic carbocycles. The molecule has 0 saturated heterocycles. The van der Waals surface area contributed by atoms with Crippen molar-refractivity contribution in [3.8, 4) is 0 Å². The zero-order valence-corrected chi connectivity index (χ0v) is 9.51. The molecule has 0 aliphatic heterocycles. The van der Waals surface area contributed by atoms with Gasteiger partial charge in [-0.1, -0.05) is 13.3 Å². The minimum atomic E-state index is 0.640. The molecule has 3 heteroatoms. The Hall–Kier alpha value is -0.440. The summed E-state index contributed by atoms with van der Waals surface area (Å²) in [6.07, 6.45) is 1.17. The van der Waals surface area contributed by atoms with E-state index in [9.17, 15) is 0 Å². The van der Waals surface area contributed by atoms with Crippen molar-refractivity contribution >= 4 is 12.6 Å². The molecule has 0 aromatic carbocycles. The van der Waals surface area contributed by atoms with Gasteiger partial charge in [0.1, 0.15) is 0 Å². The molecule has 0 radical (unpaired) electrons. The summed E-state index contributed by atoms with van der Waals surface area (Å²) in [4.78, 5) is 0. The van der Waals surface area contributed by atoms with Crippen LogP contribution in [-0.4, -0.2) is 15.5 Å². The lowest BCUT2D eigenvalue weighted by Gasteiger charge is -2.12. The average molecular weight is 198 g/mol. The van der Waals surface area contributed by atoms with Gasteiger partial charge < -0.3 is 0 Å². The van der Waals surface area contributed by atoms with Crippen molar-refractivity contribution in [1.29, 1.82) is 0 Å². The quantitative estimate of drug-likeness (QED) is 0.736. The Kier molecular flexibility index (Phi) is 3.85. The number of hydrogen-bond acceptors (Lipinski definition) is 2. The van der Waals surface area contributed by atoms with E-state index in [1.165, 1.54) is 12.1 Å². The monoisotopic (exact) mass is 198 g/mol. The lowest BCUT2D eigenvalue weighted by molar-refractivity contribution is 0.438. The summed E-state index contributed by atoms with van der Waals surface area (Å²) in [7, 11) is 0. The molecular formula is C10H18N2S. The third kappa shape index (κ3) is 2.76. The summed E-state index contributed by atoms with van der Waals surface area (Å²) in [5, 5.41) is 4.43. The lowest BCUT2D eigenvalue weighted by atomic mass is 10.1. The highest BCUT2D eigenvalue weighted by atomic mass is 32.1. The highest BCUT2D eigenvalue weighted by Crippen LogP contribution is 2.10. The molecule has 1 rings (SSSR count). The van der Waals surface area contributed by atoms with Crippen molar-refractivity contribution in [3.05, 3.63) is 17.5 Å². The van der Waals surface area contributed by atoms with Crippen LogP contribution in [0.15, 0.2) is 6.07 Å². The molecule has 1 unspecified atom stereocenters. The van der Waals surface area contributed by atoms with E-state index in [4.69, 9.17) is 0 Å². The van der Waals surface area contributed by atoms with Crippen LogP contribution in [-0.2, 0) is 6.54 Å². The predicted octanol–water partition coefficient (Wildman–Crippen LogP) is 2.46. The normalized spacial score (nSPS) is 13.2. The Bertz CT molecular complexity index is 264. The van der Waals surface area contributed by atoms with Gasteiger partial charge >= 0.3 is 0 Å². The van der Waals surface area contributed by atoms with Gasteiger partial charge in [0, 0.05) is 12.2 Å². The third-order valence-corrected chi connectivity index (χ3v) is 2.89. The molecule has 0 N–H and O–H groups in total. The largest absolute Gasteiger partial charge is 0.269 e. The maximum absolute atomic E-state index is 4.43. The molecule has 1 aromatic heterocycles. The van der Waals surface area contributed by atoms with Crippen LogP contribution in [0.4, 0.5) is 0 Å². The summed E-state index contributed by atoms with van der Waals surface area (Å²) in [6, 6.07) is 2.12. The molecule has 0 bridgehead atoms. The van der Waals surface area contributed by atoms with Crippen LogP contribution >= 0.6 is 12.6 Å². The first kappa shape index (κ1) is 10.6. The number of nitrogens with zero attached hydrogens (tertiary/aromatic N) is 2. The van der Waals surface area contributed by atoms with E-state index in [1.807, 2.05) is 6.92 Å². The maximum Gasteiger partial charge on any atom is 0.0596 e. The molecule has 13 heavy (non-hydrogen) atoms. The number of aromatic nitrogens is 2. The fourth-order valence-corrected chi connectivity index (χ4v) is 1.79. The fourth-order valence-electron chi connectivity index (χ4n) is 1.42. The first-order chi connectivity index (χ1) is 6.17. The summed E-state index contributed by atoms with van der Waals surface area (Å²) in [5.41, 5.74) is 2.35. The number of rotatable bonds is 4. The van der Waals surface area contributed by atoms with Gasteiger partial charge in [-0.2, -0.15) is 17.7 Å². The molecule has 0 spiro atoms. The molecule has 1 atom stereocenters. The van der Waals surface area contributed by atoms with Gasteiger partial charge in [-0.25, -0.2) is 0 Å². The minimum absolute atomic E-state index is 0.640. The first-order valence-corrected chi connectivity index (χ1v) is 5.42. The Morgan fingerprint density at radius 3 is 2.62 bits per heavy atom. The highest BCUT2D eigenvalue weighted by molar-refractivity contribution is 7.80. The number of hydrogen-bond donors (Lipinski definition) is 1. The molecular weight excluding hydrogens is 180 g/mol. The smallest absolute Gasteiger partial charge is 0.0596 e. The van der Waals surface area contributed by atoms with Crippen molar-refractivity contribution in [2.45, 2.75) is 33.7 Å². The SMILES string of the molecule is CCC(CS)Cn1nc(C)cc1C. The maximum atomic E-state index is 4.43. The van der Waals surface area contributed by atoms with Gasteiger partial charge in [-0.15, -0.1) is 0 Å². The lowest BCUT2D eigenvalue weighted by Crippen LogP contribution is -2.13. The fraction of sp³-hybridized carbons (Fsp3) is 0.700. The van der Waals surface area contributed by atoms with Gasteiger partial charge in [0.15, 0.2) is 0 Å². The van der Waals surface area contributed by atoms with E-state index in [0.717, 1.165) is 18.0 Å². The second-order valence-electron chi connectivity index (χ2n) is 3.57. The number of thiol groups is 1. The zero-order valence-electron chi connectivity index (χ0n) is 8.62. The molecule has 1 heterocycles. The van der Waals surface area contributed by atoms with Crippen LogP contribution < -0.4 is 0 Å².